The van der Waals surface area contributed by atoms with Gasteiger partial charge in [-0.2, -0.15) is 0 Å². The van der Waals surface area contributed by atoms with Gasteiger partial charge in [0.05, 0.1) is 6.33 Å². The van der Waals surface area contributed by atoms with Crippen molar-refractivity contribution < 1.29 is 42.5 Å². The van der Waals surface area contributed by atoms with Gasteiger partial charge in [0.25, 0.3) is 5.91 Å². The molecule has 0 aliphatic rings. The number of nitrogens with one attached hydrogen (secondary N) is 1. The zero-order valence-electron chi connectivity index (χ0n) is 4.94. The van der Waals surface area contributed by atoms with Gasteiger partial charge in [-0.25, -0.2) is 4.98 Å². The number of hydrogen-bond acceptors (Lipinski definition) is 3. The normalized spacial score (nSPS) is 8.40. The van der Waals surface area contributed by atoms with Gasteiger partial charge in [-0.05, 0) is 0 Å². The average Bonchev–Trinajstić information content (AvgIpc) is 2.13. The Labute approximate surface area is 87.2 Å². The van der Waals surface area contributed by atoms with Crippen molar-refractivity contribution in [1.29, 1.82) is 0 Å². The summed E-state index contributed by atoms with van der Waals surface area (Å²) in [4.78, 5) is 16.4. The van der Waals surface area contributed by atoms with E-state index in [9.17, 15) is 4.79 Å². The van der Waals surface area contributed by atoms with Gasteiger partial charge in [0.1, 0.15) is 5.82 Å². The molecule has 0 saturated carbocycles. The third-order valence-electron chi connectivity index (χ3n) is 0.902. The molecule has 1 amide bonds. The van der Waals surface area contributed by atoms with Gasteiger partial charge in [0.2, 0.25) is 0 Å². The molecule has 0 fully saturated rings. The van der Waals surface area contributed by atoms with Gasteiger partial charge in [0.15, 0.2) is 5.69 Å². The first-order chi connectivity index (χ1) is 4.22. The fourth-order valence-corrected chi connectivity index (χ4v) is 0.501. The summed E-state index contributed by atoms with van der Waals surface area (Å²) in [7, 11) is 0. The van der Waals surface area contributed by atoms with Crippen LogP contribution in [0.4, 0.5) is 5.82 Å². The quantitative estimate of drug-likeness (QED) is 0.503. The number of anilines is 1. The van der Waals surface area contributed by atoms with Gasteiger partial charge >= 0.3 is 0 Å². The Kier molecular flexibility index (Phi) is 3.70. The molecule has 0 spiro atoms. The number of amides is 1. The maximum atomic E-state index is 10.3. The molecule has 0 aliphatic carbocycles. The van der Waals surface area contributed by atoms with E-state index in [0.717, 1.165) is 0 Å². The van der Waals surface area contributed by atoms with Crippen LogP contribution >= 0.6 is 0 Å². The largest absolute Gasteiger partial charge is 0.383 e. The van der Waals surface area contributed by atoms with Gasteiger partial charge < -0.3 is 16.5 Å². The van der Waals surface area contributed by atoms with Crippen molar-refractivity contribution in [2.45, 2.75) is 0 Å². The zero-order valence-corrected chi connectivity index (χ0v) is 5.65. The van der Waals surface area contributed by atoms with Crippen molar-refractivity contribution in [1.82, 2.24) is 9.97 Å². The molecule has 0 aromatic carbocycles. The van der Waals surface area contributed by atoms with Crippen LogP contribution in [0, 0.1) is 37.7 Å². The molecule has 1 rings (SSSR count). The van der Waals surface area contributed by atoms with E-state index in [2.05, 4.69) is 9.97 Å². The van der Waals surface area contributed by atoms with Crippen molar-refractivity contribution in [3.05, 3.63) is 12.0 Å². The number of primary amides is 1. The van der Waals surface area contributed by atoms with Crippen molar-refractivity contribution in [2.24, 2.45) is 5.73 Å². The van der Waals surface area contributed by atoms with E-state index in [0.29, 0.717) is 0 Å². The van der Waals surface area contributed by atoms with Crippen LogP contribution in [0.25, 0.3) is 0 Å². The van der Waals surface area contributed by atoms with Gasteiger partial charge in [-0.1, -0.05) is 0 Å². The van der Waals surface area contributed by atoms with E-state index in [1.54, 1.807) is 0 Å². The Bertz CT molecular complexity index is 233. The summed E-state index contributed by atoms with van der Waals surface area (Å²) >= 11 is 0. The first kappa shape index (κ1) is 9.74. The third-order valence-corrected chi connectivity index (χ3v) is 0.902. The van der Waals surface area contributed by atoms with Gasteiger partial charge in [-0.15, -0.1) is 0 Å². The summed E-state index contributed by atoms with van der Waals surface area (Å²) in [5.41, 5.74) is 10.2. The summed E-state index contributed by atoms with van der Waals surface area (Å²) in [5.74, 6) is -0.406. The standard InChI is InChI=1S/C4H6N4O.Ar/c5-3-2(4(6)9)7-1-8-3;/h1H,5H2,(H2,6,9)(H,7,8);. The SMILES string of the molecule is NC(=O)c1nc[nH]c1N.[Ar]. The molecule has 5 N–H and O–H groups in total. The Morgan fingerprint density at radius 3 is 2.50 bits per heavy atom. The summed E-state index contributed by atoms with van der Waals surface area (Å²) < 4.78 is 0. The molecule has 10 heavy (non-hydrogen) atoms. The van der Waals surface area contributed by atoms with Gasteiger partial charge in [-0.3, -0.25) is 4.79 Å². The minimum absolute atomic E-state index is 0. The Morgan fingerprint density at radius 2 is 2.30 bits per heavy atom. The number of nitrogen functional groups attached to an aromatic ring is 1. The molecule has 5 nitrogen and oxygen atoms in total. The number of carbonyl (C=O) groups is 1. The fourth-order valence-electron chi connectivity index (χ4n) is 0.501. The molecule has 0 atom stereocenters. The van der Waals surface area contributed by atoms with Crippen LogP contribution in [0.5, 0.6) is 0 Å². The number of hydrogen-bond donors (Lipinski definition) is 3. The fraction of sp³-hybridized carbons (Fsp3) is 0. The number of imidazole rings is 1. The monoisotopic (exact) mass is 166 g/mol. The summed E-state index contributed by atoms with van der Waals surface area (Å²) in [6, 6.07) is 0. The van der Waals surface area contributed by atoms with Crippen LogP contribution in [0.3, 0.4) is 0 Å². The molecule has 1 heterocycles. The molecular weight excluding hydrogens is 160 g/mol. The molecular formula is C4H6ArN4O. The Hall–Kier alpha value is -0.260. The van der Waals surface area contributed by atoms with E-state index in [1.165, 1.54) is 6.33 Å². The van der Waals surface area contributed by atoms with Crippen LogP contribution < -0.4 is 11.5 Å². The molecule has 1 aromatic rings. The second-order valence-corrected chi connectivity index (χ2v) is 1.53. The van der Waals surface area contributed by atoms with Crippen LogP contribution in [-0.4, -0.2) is 15.9 Å². The van der Waals surface area contributed by atoms with Crippen molar-refractivity contribution in [3.8, 4) is 0 Å². The van der Waals surface area contributed by atoms with Crippen molar-refractivity contribution in [3.63, 3.8) is 0 Å². The number of nitrogens with two attached hydrogens (primary N) is 2. The number of nitrogens with zero attached hydrogens (tertiary/aromatic N) is 1. The first-order valence-corrected chi connectivity index (χ1v) is 2.30. The van der Waals surface area contributed by atoms with Crippen LogP contribution in [0.2, 0.25) is 0 Å². The molecule has 0 aliphatic heterocycles. The summed E-state index contributed by atoms with van der Waals surface area (Å²) in [6.07, 6.45) is 1.31. The molecule has 0 saturated heterocycles. The minimum Gasteiger partial charge on any atom is -0.383 e. The van der Waals surface area contributed by atoms with Crippen molar-refractivity contribution >= 4 is 11.7 Å². The number of aromatic nitrogens is 2. The van der Waals surface area contributed by atoms with Crippen LogP contribution in [-0.2, 0) is 0 Å². The molecule has 1 aromatic heterocycles. The molecule has 0 radical (unpaired) electrons. The smallest absolute Gasteiger partial charge is 0.271 e. The average molecular weight is 166 g/mol. The maximum absolute atomic E-state index is 10.3. The molecule has 6 heteroatoms. The number of carbonyl (C=O) groups excluding carboxylic acids is 1. The first-order valence-electron chi connectivity index (χ1n) is 2.30. The van der Waals surface area contributed by atoms with Crippen LogP contribution in [0.1, 0.15) is 10.5 Å². The van der Waals surface area contributed by atoms with Crippen LogP contribution in [0.15, 0.2) is 6.33 Å². The second kappa shape index (κ2) is 3.80. The topological polar surface area (TPSA) is 97.8 Å². The Morgan fingerprint density at radius 1 is 1.70 bits per heavy atom. The predicted molar refractivity (Wildman–Crippen MR) is 31.5 cm³/mol. The second-order valence-electron chi connectivity index (χ2n) is 1.53. The van der Waals surface area contributed by atoms with E-state index in [1.807, 2.05) is 0 Å². The molecule has 0 unspecified atom stereocenters. The minimum atomic E-state index is -0.617. The zero-order chi connectivity index (χ0) is 6.85. The summed E-state index contributed by atoms with van der Waals surface area (Å²) in [6.45, 7) is 0. The number of H-pyrrole nitrogens is 1. The van der Waals surface area contributed by atoms with E-state index in [4.69, 9.17) is 11.5 Å². The number of rotatable bonds is 1. The predicted octanol–water partition coefficient (Wildman–Crippen LogP) is -0.909. The molecule has 0 bridgehead atoms. The third kappa shape index (κ3) is 1.86. The van der Waals surface area contributed by atoms with E-state index >= 15 is 0 Å². The van der Waals surface area contributed by atoms with Crippen molar-refractivity contribution in [2.75, 3.05) is 5.73 Å². The van der Waals surface area contributed by atoms with E-state index < -0.39 is 5.91 Å². The van der Waals surface area contributed by atoms with E-state index in [-0.39, 0.29) is 49.3 Å². The summed E-state index contributed by atoms with van der Waals surface area (Å²) in [5, 5.41) is 0. The molecule has 56 valence electrons. The maximum Gasteiger partial charge on any atom is 0.271 e. The number of aromatic amines is 1. The Balaban J connectivity index is 0.000000810. The van der Waals surface area contributed by atoms with Gasteiger partial charge in [0, 0.05) is 37.7 Å².